The fourth-order valence-electron chi connectivity index (χ4n) is 7.34. The van der Waals surface area contributed by atoms with E-state index in [9.17, 15) is 0 Å². The minimum Gasteiger partial charge on any atom is -0.358 e. The molecule has 0 heterocycles. The SMILES string of the molecule is CC(C)(C)C1=[C-]C(C)(C)c2cc3c(cc21)-c1cc2c(cc1C3)C(C)(C)C=C2C(C)(C)C.CC1[C-]=CC(C(C)(C)C)=C1.Cl.Cl.[CH2]=[Zr].[CH3-].[c-]1ccccc1. The van der Waals surface area contributed by atoms with Gasteiger partial charge in [-0.05, 0) is 62.3 Å². The van der Waals surface area contributed by atoms with Crippen molar-refractivity contribution in [2.75, 3.05) is 0 Å². The topological polar surface area (TPSA) is 0 Å². The summed E-state index contributed by atoms with van der Waals surface area (Å²) in [6.45, 7) is 32.2. The van der Waals surface area contributed by atoms with Crippen LogP contribution in [0.1, 0.15) is 130 Å². The van der Waals surface area contributed by atoms with Gasteiger partial charge in [0.05, 0.1) is 0 Å². The van der Waals surface area contributed by atoms with Crippen LogP contribution in [-0.2, 0) is 41.5 Å². The van der Waals surface area contributed by atoms with Gasteiger partial charge in [0, 0.05) is 5.41 Å². The van der Waals surface area contributed by atoms with Gasteiger partial charge in [0.2, 0.25) is 0 Å². The maximum Gasteiger partial charge on any atom is -0.171 e. The number of halogens is 2. The molecule has 282 valence electrons. The van der Waals surface area contributed by atoms with Crippen LogP contribution >= 0.6 is 24.8 Å². The number of rotatable bonds is 0. The van der Waals surface area contributed by atoms with Crippen molar-refractivity contribution >= 4 is 40.2 Å². The van der Waals surface area contributed by atoms with Crippen molar-refractivity contribution in [2.45, 2.75) is 114 Å². The van der Waals surface area contributed by atoms with Gasteiger partial charge >= 0.3 is 28.4 Å². The number of allylic oxidation sites excluding steroid dienone is 8. The van der Waals surface area contributed by atoms with Gasteiger partial charge in [-0.15, -0.1) is 36.4 Å². The van der Waals surface area contributed by atoms with E-state index < -0.39 is 0 Å². The van der Waals surface area contributed by atoms with E-state index in [1.165, 1.54) is 85.5 Å². The van der Waals surface area contributed by atoms with Gasteiger partial charge in [-0.2, -0.15) is 53.6 Å². The molecule has 0 aliphatic heterocycles. The standard InChI is InChI=1S/C31H37.C10H15.C6H5.CH3.CH2.2ClH.Zr/c1-28(2,3)26-16-30(7,8)24-12-18-11-19-13-25-23(15-21(19)20(18)14-22(24)26)27(29(4,5)6)17-31(25,9)10;1-8-5-6-9(7-8)10(2,3)4;1-2-4-6-5-3-1;;;;;/h12-16H,11H2,1-10H3;6-8H,1-4H3;1-5H;1H3;1H2;2*1H;/q4*-1;;;;. The summed E-state index contributed by atoms with van der Waals surface area (Å²) in [6, 6.07) is 22.5. The van der Waals surface area contributed by atoms with Gasteiger partial charge in [-0.3, -0.25) is 12.2 Å². The number of hydrogen-bond acceptors (Lipinski definition) is 0. The van der Waals surface area contributed by atoms with Crippen LogP contribution in [0.5, 0.6) is 0 Å². The molecule has 3 aromatic carbocycles. The Morgan fingerprint density at radius 2 is 1.21 bits per heavy atom. The molecule has 7 rings (SSSR count). The van der Waals surface area contributed by atoms with Gasteiger partial charge in [0.15, 0.2) is 0 Å². The number of hydrogen-bond donors (Lipinski definition) is 0. The van der Waals surface area contributed by atoms with E-state index >= 15 is 0 Å². The molecule has 0 saturated heterocycles. The Kier molecular flexibility index (Phi) is 16.2. The van der Waals surface area contributed by atoms with Gasteiger partial charge in [-0.25, -0.2) is 11.6 Å². The van der Waals surface area contributed by atoms with E-state index in [2.05, 4.69) is 162 Å². The summed E-state index contributed by atoms with van der Waals surface area (Å²) in [5.74, 6) is 0.522. The van der Waals surface area contributed by atoms with E-state index in [4.69, 9.17) is 0 Å². The predicted octanol–water partition coefficient (Wildman–Crippen LogP) is 14.2. The van der Waals surface area contributed by atoms with E-state index in [1.807, 2.05) is 30.3 Å². The first-order valence-electron chi connectivity index (χ1n) is 17.9. The van der Waals surface area contributed by atoms with Gasteiger partial charge in [-0.1, -0.05) is 132 Å². The molecule has 0 amide bonds. The maximum atomic E-state index is 3.85. The molecule has 0 saturated carbocycles. The number of benzene rings is 3. The molecule has 1 atom stereocenters. The first kappa shape index (κ1) is 48.0. The second-order valence-corrected chi connectivity index (χ2v) is 18.2. The minimum absolute atomic E-state index is 0. The smallest absolute Gasteiger partial charge is 0.171 e. The first-order valence-corrected chi connectivity index (χ1v) is 19.7. The molecule has 3 aromatic rings. The fourth-order valence-corrected chi connectivity index (χ4v) is 7.34. The molecule has 0 fully saturated rings. The van der Waals surface area contributed by atoms with Crippen molar-refractivity contribution < 1.29 is 24.2 Å². The Morgan fingerprint density at radius 3 is 1.60 bits per heavy atom. The second-order valence-electron chi connectivity index (χ2n) is 18.2. The Hall–Kier alpha value is -2.05. The molecule has 0 nitrogen and oxygen atoms in total. The van der Waals surface area contributed by atoms with Crippen LogP contribution in [0.2, 0.25) is 0 Å². The van der Waals surface area contributed by atoms with Crippen molar-refractivity contribution in [3.63, 3.8) is 0 Å². The zero-order valence-corrected chi connectivity index (χ0v) is 38.8. The normalized spacial score (nSPS) is 17.8. The van der Waals surface area contributed by atoms with Gasteiger partial charge in [0.1, 0.15) is 0 Å². The summed E-state index contributed by atoms with van der Waals surface area (Å²) in [5.41, 5.74) is 16.6. The van der Waals surface area contributed by atoms with Crippen molar-refractivity contribution in [1.82, 2.24) is 0 Å². The van der Waals surface area contributed by atoms with Crippen molar-refractivity contribution in [1.29, 1.82) is 0 Å². The van der Waals surface area contributed by atoms with Crippen LogP contribution in [0, 0.1) is 47.8 Å². The number of fused-ring (bicyclic) bond motifs is 5. The van der Waals surface area contributed by atoms with Crippen LogP contribution in [0.15, 0.2) is 78.4 Å². The summed E-state index contributed by atoms with van der Waals surface area (Å²) in [7, 11) is 0. The molecular formula is C49H64Cl2Zr-4. The molecule has 0 aromatic heterocycles. The molecule has 52 heavy (non-hydrogen) atoms. The quantitative estimate of drug-likeness (QED) is 0.155. The molecule has 1 unspecified atom stereocenters. The van der Waals surface area contributed by atoms with E-state index in [1.54, 1.807) is 0 Å². The summed E-state index contributed by atoms with van der Waals surface area (Å²) < 4.78 is 3.34. The molecule has 3 heteroatoms. The summed E-state index contributed by atoms with van der Waals surface area (Å²) in [5, 5.41) is 0. The average Bonchev–Trinajstić information content (AvgIpc) is 3.74. The maximum absolute atomic E-state index is 3.85. The first-order chi connectivity index (χ1) is 22.6. The van der Waals surface area contributed by atoms with Crippen molar-refractivity contribution in [2.24, 2.45) is 22.2 Å². The zero-order valence-electron chi connectivity index (χ0n) is 34.7. The van der Waals surface area contributed by atoms with Crippen molar-refractivity contribution in [3.05, 3.63) is 137 Å². The second kappa shape index (κ2) is 17.6. The summed E-state index contributed by atoms with van der Waals surface area (Å²) >= 11 is 1.30. The van der Waals surface area contributed by atoms with Crippen LogP contribution in [0.4, 0.5) is 0 Å². The third-order valence-corrected chi connectivity index (χ3v) is 9.99. The van der Waals surface area contributed by atoms with E-state index in [0.29, 0.717) is 11.3 Å². The van der Waals surface area contributed by atoms with Gasteiger partial charge < -0.3 is 7.43 Å². The van der Waals surface area contributed by atoms with E-state index in [0.717, 1.165) is 6.42 Å². The Labute approximate surface area is 346 Å². The van der Waals surface area contributed by atoms with Crippen LogP contribution in [0.25, 0.3) is 22.3 Å². The third kappa shape index (κ3) is 10.4. The minimum atomic E-state index is -0.0202. The predicted molar refractivity (Wildman–Crippen MR) is 232 cm³/mol. The fraction of sp³-hybridized carbons (Fsp3) is 0.429. The zero-order chi connectivity index (χ0) is 36.7. The summed E-state index contributed by atoms with van der Waals surface area (Å²) in [6.07, 6.45) is 15.1. The molecule has 4 aliphatic carbocycles. The van der Waals surface area contributed by atoms with Gasteiger partial charge in [0.25, 0.3) is 0 Å². The Bertz CT molecular complexity index is 1690. The largest absolute Gasteiger partial charge is 0.358 e. The Balaban J connectivity index is 0.000000534. The van der Waals surface area contributed by atoms with Crippen LogP contribution in [-0.4, -0.2) is 4.21 Å². The molecule has 0 N–H and O–H groups in total. The summed E-state index contributed by atoms with van der Waals surface area (Å²) in [4.78, 5) is 0. The van der Waals surface area contributed by atoms with Crippen molar-refractivity contribution in [3.8, 4) is 11.1 Å². The molecule has 4 aliphatic rings. The van der Waals surface area contributed by atoms with E-state index in [-0.39, 0.29) is 53.9 Å². The molecule has 0 spiro atoms. The average molecular weight is 815 g/mol. The Morgan fingerprint density at radius 1 is 0.692 bits per heavy atom. The van der Waals surface area contributed by atoms with Crippen LogP contribution < -0.4 is 0 Å². The third-order valence-electron chi connectivity index (χ3n) is 9.99. The molecule has 0 radical (unpaired) electrons. The molecular weight excluding hydrogens is 751 g/mol. The van der Waals surface area contributed by atoms with Crippen LogP contribution in [0.3, 0.4) is 0 Å². The molecule has 0 bridgehead atoms. The monoisotopic (exact) mass is 812 g/mol.